The van der Waals surface area contributed by atoms with Crippen LogP contribution >= 0.6 is 11.6 Å². The number of anilines is 1. The van der Waals surface area contributed by atoms with Crippen molar-refractivity contribution in [1.82, 2.24) is 4.90 Å². The van der Waals surface area contributed by atoms with Gasteiger partial charge in [0.1, 0.15) is 0 Å². The standard InChI is InChI=1S/C15H20ClN3O2/c1-10-4-5-12(7-13(10)16)18-14(20)9-19-6-2-3-11(8-19)15(17)21/h4-5,7,11H,2-3,6,8-9H2,1H3,(H2,17,21)(H,18,20). The molecule has 5 nitrogen and oxygen atoms in total. The van der Waals surface area contributed by atoms with E-state index in [1.165, 1.54) is 0 Å². The first-order valence-corrected chi connectivity index (χ1v) is 7.41. The Morgan fingerprint density at radius 3 is 2.90 bits per heavy atom. The third kappa shape index (κ3) is 4.44. The summed E-state index contributed by atoms with van der Waals surface area (Å²) in [6.45, 7) is 3.53. The Morgan fingerprint density at radius 1 is 1.48 bits per heavy atom. The van der Waals surface area contributed by atoms with Crippen LogP contribution in [0.4, 0.5) is 5.69 Å². The predicted octanol–water partition coefficient (Wildman–Crippen LogP) is 1.78. The molecule has 2 amide bonds. The molecule has 114 valence electrons. The third-order valence-corrected chi connectivity index (χ3v) is 4.14. The van der Waals surface area contributed by atoms with Gasteiger partial charge >= 0.3 is 0 Å². The zero-order valence-corrected chi connectivity index (χ0v) is 12.8. The fourth-order valence-electron chi connectivity index (χ4n) is 2.51. The van der Waals surface area contributed by atoms with E-state index in [9.17, 15) is 9.59 Å². The molecule has 0 spiro atoms. The number of amides is 2. The summed E-state index contributed by atoms with van der Waals surface area (Å²) in [7, 11) is 0. The number of primary amides is 1. The molecule has 0 aliphatic carbocycles. The molecule has 2 rings (SSSR count). The second-order valence-corrected chi connectivity index (χ2v) is 5.90. The normalized spacial score (nSPS) is 19.2. The number of likely N-dealkylation sites (tertiary alicyclic amines) is 1. The van der Waals surface area contributed by atoms with Crippen LogP contribution in [0.1, 0.15) is 18.4 Å². The maximum atomic E-state index is 12.0. The van der Waals surface area contributed by atoms with E-state index in [0.29, 0.717) is 17.3 Å². The van der Waals surface area contributed by atoms with Crippen LogP contribution < -0.4 is 11.1 Å². The number of aryl methyl sites for hydroxylation is 1. The largest absolute Gasteiger partial charge is 0.369 e. The second kappa shape index (κ2) is 6.91. The summed E-state index contributed by atoms with van der Waals surface area (Å²) < 4.78 is 0. The van der Waals surface area contributed by atoms with E-state index >= 15 is 0 Å². The van der Waals surface area contributed by atoms with Gasteiger partial charge in [-0.3, -0.25) is 14.5 Å². The van der Waals surface area contributed by atoms with Gasteiger partial charge < -0.3 is 11.1 Å². The summed E-state index contributed by atoms with van der Waals surface area (Å²) in [5.74, 6) is -0.550. The van der Waals surface area contributed by atoms with Crippen LogP contribution in [0, 0.1) is 12.8 Å². The van der Waals surface area contributed by atoms with Crippen molar-refractivity contribution in [2.75, 3.05) is 25.0 Å². The number of nitrogens with zero attached hydrogens (tertiary/aromatic N) is 1. The summed E-state index contributed by atoms with van der Waals surface area (Å²) in [4.78, 5) is 25.2. The minimum Gasteiger partial charge on any atom is -0.369 e. The molecule has 6 heteroatoms. The van der Waals surface area contributed by atoms with Crippen LogP contribution in [0.3, 0.4) is 0 Å². The van der Waals surface area contributed by atoms with Gasteiger partial charge in [0.2, 0.25) is 11.8 Å². The van der Waals surface area contributed by atoms with E-state index in [1.807, 2.05) is 24.0 Å². The van der Waals surface area contributed by atoms with E-state index in [0.717, 1.165) is 24.9 Å². The average Bonchev–Trinajstić information content (AvgIpc) is 2.43. The van der Waals surface area contributed by atoms with Crippen molar-refractivity contribution < 1.29 is 9.59 Å². The van der Waals surface area contributed by atoms with Gasteiger partial charge in [-0.1, -0.05) is 17.7 Å². The highest BCUT2D eigenvalue weighted by Gasteiger charge is 2.25. The summed E-state index contributed by atoms with van der Waals surface area (Å²) in [6, 6.07) is 5.42. The summed E-state index contributed by atoms with van der Waals surface area (Å²) in [5.41, 5.74) is 6.98. The molecule has 1 saturated heterocycles. The molecule has 1 aliphatic heterocycles. The smallest absolute Gasteiger partial charge is 0.238 e. The van der Waals surface area contributed by atoms with Crippen molar-refractivity contribution >= 4 is 29.1 Å². The molecule has 21 heavy (non-hydrogen) atoms. The van der Waals surface area contributed by atoms with E-state index in [-0.39, 0.29) is 24.3 Å². The maximum absolute atomic E-state index is 12.0. The number of benzene rings is 1. The average molecular weight is 310 g/mol. The van der Waals surface area contributed by atoms with Crippen LogP contribution in [0.25, 0.3) is 0 Å². The fourth-order valence-corrected chi connectivity index (χ4v) is 2.69. The Bertz CT molecular complexity index is 548. The predicted molar refractivity (Wildman–Crippen MR) is 83.2 cm³/mol. The number of halogens is 1. The van der Waals surface area contributed by atoms with E-state index in [4.69, 9.17) is 17.3 Å². The lowest BCUT2D eigenvalue weighted by atomic mass is 9.97. The van der Waals surface area contributed by atoms with Crippen molar-refractivity contribution in [1.29, 1.82) is 0 Å². The Morgan fingerprint density at radius 2 is 2.24 bits per heavy atom. The first kappa shape index (κ1) is 15.8. The molecule has 1 aromatic carbocycles. The number of hydrogen-bond acceptors (Lipinski definition) is 3. The van der Waals surface area contributed by atoms with E-state index < -0.39 is 0 Å². The number of nitrogens with two attached hydrogens (primary N) is 1. The van der Waals surface area contributed by atoms with E-state index in [1.54, 1.807) is 6.07 Å². The van der Waals surface area contributed by atoms with Crippen LogP contribution in [0.5, 0.6) is 0 Å². The summed E-state index contributed by atoms with van der Waals surface area (Å²) in [6.07, 6.45) is 1.69. The molecule has 1 atom stereocenters. The molecule has 0 aromatic heterocycles. The molecular formula is C15H20ClN3O2. The molecule has 0 saturated carbocycles. The van der Waals surface area contributed by atoms with Crippen LogP contribution in [0.15, 0.2) is 18.2 Å². The highest BCUT2D eigenvalue weighted by molar-refractivity contribution is 6.31. The van der Waals surface area contributed by atoms with E-state index in [2.05, 4.69) is 5.32 Å². The number of rotatable bonds is 4. The number of carbonyl (C=O) groups excluding carboxylic acids is 2. The Hall–Kier alpha value is -1.59. The third-order valence-electron chi connectivity index (χ3n) is 3.73. The van der Waals surface area contributed by atoms with Gasteiger partial charge in [-0.25, -0.2) is 0 Å². The van der Waals surface area contributed by atoms with Crippen molar-refractivity contribution in [2.24, 2.45) is 11.7 Å². The Balaban J connectivity index is 1.89. The molecule has 1 aliphatic rings. The molecule has 1 fully saturated rings. The SMILES string of the molecule is Cc1ccc(NC(=O)CN2CCCC(C(N)=O)C2)cc1Cl. The molecule has 0 bridgehead atoms. The zero-order chi connectivity index (χ0) is 15.4. The Labute approximate surface area is 129 Å². The number of piperidine rings is 1. The zero-order valence-electron chi connectivity index (χ0n) is 12.1. The van der Waals surface area contributed by atoms with Gasteiger partial charge in [0.15, 0.2) is 0 Å². The highest BCUT2D eigenvalue weighted by atomic mass is 35.5. The lowest BCUT2D eigenvalue weighted by Crippen LogP contribution is -2.44. The van der Waals surface area contributed by atoms with Crippen LogP contribution in [-0.2, 0) is 9.59 Å². The Kier molecular flexibility index (Phi) is 5.20. The summed E-state index contributed by atoms with van der Waals surface area (Å²) in [5, 5.41) is 3.44. The molecular weight excluding hydrogens is 290 g/mol. The summed E-state index contributed by atoms with van der Waals surface area (Å²) >= 11 is 6.03. The lowest BCUT2D eigenvalue weighted by molar-refractivity contribution is -0.125. The van der Waals surface area contributed by atoms with Gasteiger partial charge in [0.25, 0.3) is 0 Å². The molecule has 3 N–H and O–H groups in total. The quantitative estimate of drug-likeness (QED) is 0.890. The van der Waals surface area contributed by atoms with Gasteiger partial charge in [-0.2, -0.15) is 0 Å². The van der Waals surface area contributed by atoms with Crippen LogP contribution in [0.2, 0.25) is 5.02 Å². The molecule has 1 aromatic rings. The fraction of sp³-hybridized carbons (Fsp3) is 0.467. The van der Waals surface area contributed by atoms with Gasteiger partial charge in [-0.05, 0) is 44.0 Å². The highest BCUT2D eigenvalue weighted by Crippen LogP contribution is 2.20. The number of carbonyl (C=O) groups is 2. The number of hydrogen-bond donors (Lipinski definition) is 2. The first-order valence-electron chi connectivity index (χ1n) is 7.03. The molecule has 1 unspecified atom stereocenters. The molecule has 1 heterocycles. The van der Waals surface area contributed by atoms with Crippen molar-refractivity contribution in [3.63, 3.8) is 0 Å². The minimum absolute atomic E-state index is 0.111. The monoisotopic (exact) mass is 309 g/mol. The van der Waals surface area contributed by atoms with Gasteiger partial charge in [-0.15, -0.1) is 0 Å². The van der Waals surface area contributed by atoms with Crippen molar-refractivity contribution in [3.8, 4) is 0 Å². The van der Waals surface area contributed by atoms with Gasteiger partial charge in [0.05, 0.1) is 12.5 Å². The second-order valence-electron chi connectivity index (χ2n) is 5.49. The minimum atomic E-state index is -0.287. The topological polar surface area (TPSA) is 75.4 Å². The first-order chi connectivity index (χ1) is 9.95. The lowest BCUT2D eigenvalue weighted by Gasteiger charge is -2.30. The van der Waals surface area contributed by atoms with Crippen molar-refractivity contribution in [3.05, 3.63) is 28.8 Å². The van der Waals surface area contributed by atoms with Crippen LogP contribution in [-0.4, -0.2) is 36.3 Å². The number of nitrogens with one attached hydrogen (secondary N) is 1. The van der Waals surface area contributed by atoms with Gasteiger partial charge in [0, 0.05) is 17.3 Å². The molecule has 0 radical (unpaired) electrons. The van der Waals surface area contributed by atoms with Crippen molar-refractivity contribution in [2.45, 2.75) is 19.8 Å². The maximum Gasteiger partial charge on any atom is 0.238 e.